The Morgan fingerprint density at radius 3 is 2.86 bits per heavy atom. The fraction of sp³-hybridized carbons (Fsp3) is 0.375. The highest BCUT2D eigenvalue weighted by atomic mass is 79.9. The van der Waals surface area contributed by atoms with Crippen LogP contribution in [0.25, 0.3) is 5.69 Å². The van der Waals surface area contributed by atoms with E-state index in [9.17, 15) is 4.79 Å². The standard InChI is InChI=1S/C16H19BrN4O/c1-18-14-3-2-8-20(11-14)16(22)12-9-19-21(10-12)15-6-4-13(17)5-7-15/h4-7,9-10,14,18H,2-3,8,11H2,1H3/t14-/m0/s1. The number of nitrogens with one attached hydrogen (secondary N) is 1. The number of amides is 1. The molecule has 1 N–H and O–H groups in total. The number of piperidine rings is 1. The Hall–Kier alpha value is -1.66. The molecule has 1 fully saturated rings. The number of hydrogen-bond acceptors (Lipinski definition) is 3. The highest BCUT2D eigenvalue weighted by Gasteiger charge is 2.24. The van der Waals surface area contributed by atoms with Crippen LogP contribution in [0.3, 0.4) is 0 Å². The number of benzene rings is 1. The lowest BCUT2D eigenvalue weighted by molar-refractivity contribution is 0.0698. The number of aromatic nitrogens is 2. The van der Waals surface area contributed by atoms with E-state index in [1.165, 1.54) is 0 Å². The maximum atomic E-state index is 12.6. The third kappa shape index (κ3) is 3.23. The number of likely N-dealkylation sites (N-methyl/N-ethyl adjacent to an activating group) is 1. The molecule has 2 aromatic rings. The molecule has 3 rings (SSSR count). The van der Waals surface area contributed by atoms with Crippen molar-refractivity contribution in [2.75, 3.05) is 20.1 Å². The van der Waals surface area contributed by atoms with E-state index < -0.39 is 0 Å². The molecule has 0 spiro atoms. The Bertz CT molecular complexity index is 652. The van der Waals surface area contributed by atoms with Crippen LogP contribution in [0.5, 0.6) is 0 Å². The molecule has 116 valence electrons. The summed E-state index contributed by atoms with van der Waals surface area (Å²) in [4.78, 5) is 14.5. The predicted molar refractivity (Wildman–Crippen MR) is 89.2 cm³/mol. The van der Waals surface area contributed by atoms with E-state index in [1.807, 2.05) is 36.2 Å². The molecule has 1 aromatic heterocycles. The maximum Gasteiger partial charge on any atom is 0.257 e. The zero-order valence-corrected chi connectivity index (χ0v) is 14.1. The van der Waals surface area contributed by atoms with Gasteiger partial charge in [0.15, 0.2) is 0 Å². The van der Waals surface area contributed by atoms with Gasteiger partial charge in [0.2, 0.25) is 0 Å². The van der Waals surface area contributed by atoms with Gasteiger partial charge >= 0.3 is 0 Å². The number of likely N-dealkylation sites (tertiary alicyclic amines) is 1. The summed E-state index contributed by atoms with van der Waals surface area (Å²) < 4.78 is 2.75. The summed E-state index contributed by atoms with van der Waals surface area (Å²) in [7, 11) is 1.95. The van der Waals surface area contributed by atoms with E-state index in [0.717, 1.165) is 36.1 Å². The molecule has 0 saturated carbocycles. The van der Waals surface area contributed by atoms with E-state index in [0.29, 0.717) is 11.6 Å². The summed E-state index contributed by atoms with van der Waals surface area (Å²) in [5.41, 5.74) is 1.58. The quantitative estimate of drug-likeness (QED) is 0.912. The van der Waals surface area contributed by atoms with Crippen LogP contribution in [0.1, 0.15) is 23.2 Å². The molecule has 2 heterocycles. The SMILES string of the molecule is CN[C@H]1CCCN(C(=O)c2cnn(-c3ccc(Br)cc3)c2)C1. The van der Waals surface area contributed by atoms with Gasteiger partial charge < -0.3 is 10.2 Å². The lowest BCUT2D eigenvalue weighted by atomic mass is 10.1. The van der Waals surface area contributed by atoms with Gasteiger partial charge in [0.1, 0.15) is 0 Å². The van der Waals surface area contributed by atoms with E-state index in [1.54, 1.807) is 17.1 Å². The van der Waals surface area contributed by atoms with Crippen LogP contribution in [0.15, 0.2) is 41.1 Å². The summed E-state index contributed by atoms with van der Waals surface area (Å²) in [5, 5.41) is 7.57. The zero-order chi connectivity index (χ0) is 15.5. The van der Waals surface area contributed by atoms with Crippen molar-refractivity contribution in [3.8, 4) is 5.69 Å². The van der Waals surface area contributed by atoms with Crippen LogP contribution in [-0.2, 0) is 0 Å². The van der Waals surface area contributed by atoms with Crippen molar-refractivity contribution < 1.29 is 4.79 Å². The van der Waals surface area contributed by atoms with Crippen LogP contribution < -0.4 is 5.32 Å². The van der Waals surface area contributed by atoms with Gasteiger partial charge in [-0.05, 0) is 44.2 Å². The summed E-state index contributed by atoms with van der Waals surface area (Å²) in [6.07, 6.45) is 5.61. The van der Waals surface area contributed by atoms with Crippen LogP contribution in [0.2, 0.25) is 0 Å². The van der Waals surface area contributed by atoms with Crippen LogP contribution in [-0.4, -0.2) is 46.8 Å². The third-order valence-corrected chi connectivity index (χ3v) is 4.57. The number of carbonyl (C=O) groups excluding carboxylic acids is 1. The van der Waals surface area contributed by atoms with Gasteiger partial charge in [0, 0.05) is 29.8 Å². The normalized spacial score (nSPS) is 18.5. The molecule has 0 radical (unpaired) electrons. The molecule has 0 aliphatic carbocycles. The number of carbonyl (C=O) groups is 1. The molecule has 6 heteroatoms. The molecule has 1 saturated heterocycles. The Balaban J connectivity index is 1.75. The second-order valence-corrected chi connectivity index (χ2v) is 6.44. The summed E-state index contributed by atoms with van der Waals surface area (Å²) in [6, 6.07) is 8.23. The van der Waals surface area contributed by atoms with Gasteiger partial charge in [-0.25, -0.2) is 4.68 Å². The van der Waals surface area contributed by atoms with Gasteiger partial charge in [-0.15, -0.1) is 0 Å². The molecular weight excluding hydrogens is 344 g/mol. The van der Waals surface area contributed by atoms with Gasteiger partial charge in [-0.3, -0.25) is 4.79 Å². The molecule has 1 amide bonds. The largest absolute Gasteiger partial charge is 0.337 e. The smallest absolute Gasteiger partial charge is 0.257 e. The van der Waals surface area contributed by atoms with E-state index in [4.69, 9.17) is 0 Å². The van der Waals surface area contributed by atoms with Crippen molar-refractivity contribution in [3.05, 3.63) is 46.7 Å². The van der Waals surface area contributed by atoms with Crippen molar-refractivity contribution in [2.45, 2.75) is 18.9 Å². The second-order valence-electron chi connectivity index (χ2n) is 5.53. The molecule has 0 unspecified atom stereocenters. The number of hydrogen-bond donors (Lipinski definition) is 1. The van der Waals surface area contributed by atoms with Crippen molar-refractivity contribution in [3.63, 3.8) is 0 Å². The zero-order valence-electron chi connectivity index (χ0n) is 12.5. The van der Waals surface area contributed by atoms with Crippen LogP contribution in [0.4, 0.5) is 0 Å². The lowest BCUT2D eigenvalue weighted by Crippen LogP contribution is -2.46. The Kier molecular flexibility index (Phi) is 4.59. The summed E-state index contributed by atoms with van der Waals surface area (Å²) in [5.74, 6) is 0.0586. The monoisotopic (exact) mass is 362 g/mol. The third-order valence-electron chi connectivity index (χ3n) is 4.04. The Labute approximate surface area is 138 Å². The van der Waals surface area contributed by atoms with Gasteiger partial charge in [-0.2, -0.15) is 5.10 Å². The van der Waals surface area contributed by atoms with E-state index in [-0.39, 0.29) is 5.91 Å². The first-order valence-corrected chi connectivity index (χ1v) is 8.24. The fourth-order valence-electron chi connectivity index (χ4n) is 2.75. The average Bonchev–Trinajstić information content (AvgIpc) is 3.05. The predicted octanol–water partition coefficient (Wildman–Crippen LogP) is 2.46. The minimum atomic E-state index is 0.0586. The minimum absolute atomic E-state index is 0.0586. The summed E-state index contributed by atoms with van der Waals surface area (Å²) >= 11 is 3.41. The maximum absolute atomic E-state index is 12.6. The number of rotatable bonds is 3. The second kappa shape index (κ2) is 6.62. The van der Waals surface area contributed by atoms with Gasteiger partial charge in [-0.1, -0.05) is 15.9 Å². The molecular formula is C16H19BrN4O. The fourth-order valence-corrected chi connectivity index (χ4v) is 3.01. The molecule has 1 aromatic carbocycles. The van der Waals surface area contributed by atoms with Crippen molar-refractivity contribution in [1.29, 1.82) is 0 Å². The number of halogens is 1. The highest BCUT2D eigenvalue weighted by Crippen LogP contribution is 2.16. The molecule has 22 heavy (non-hydrogen) atoms. The molecule has 0 bridgehead atoms. The molecule has 5 nitrogen and oxygen atoms in total. The van der Waals surface area contributed by atoms with E-state index in [2.05, 4.69) is 26.3 Å². The van der Waals surface area contributed by atoms with Gasteiger partial charge in [0.05, 0.1) is 17.4 Å². The average molecular weight is 363 g/mol. The van der Waals surface area contributed by atoms with Crippen molar-refractivity contribution in [2.24, 2.45) is 0 Å². The first kappa shape index (κ1) is 15.2. The molecule has 1 aliphatic rings. The van der Waals surface area contributed by atoms with Gasteiger partial charge in [0.25, 0.3) is 5.91 Å². The lowest BCUT2D eigenvalue weighted by Gasteiger charge is -2.32. The summed E-state index contributed by atoms with van der Waals surface area (Å²) in [6.45, 7) is 1.58. The number of nitrogens with zero attached hydrogens (tertiary/aromatic N) is 3. The van der Waals surface area contributed by atoms with Crippen molar-refractivity contribution in [1.82, 2.24) is 20.0 Å². The Morgan fingerprint density at radius 2 is 2.14 bits per heavy atom. The first-order valence-electron chi connectivity index (χ1n) is 7.44. The minimum Gasteiger partial charge on any atom is -0.337 e. The van der Waals surface area contributed by atoms with Crippen molar-refractivity contribution >= 4 is 21.8 Å². The first-order chi connectivity index (χ1) is 10.7. The topological polar surface area (TPSA) is 50.2 Å². The van der Waals surface area contributed by atoms with Crippen LogP contribution in [0, 0.1) is 0 Å². The molecule has 1 atom stereocenters. The highest BCUT2D eigenvalue weighted by molar-refractivity contribution is 9.10. The van der Waals surface area contributed by atoms with E-state index >= 15 is 0 Å². The van der Waals surface area contributed by atoms with Crippen LogP contribution >= 0.6 is 15.9 Å². The Morgan fingerprint density at radius 1 is 1.36 bits per heavy atom. The molecule has 1 aliphatic heterocycles.